The van der Waals surface area contributed by atoms with Gasteiger partial charge in [0.25, 0.3) is 0 Å². The number of nitrogens with zero attached hydrogens (tertiary/aromatic N) is 5. The maximum absolute atomic E-state index is 13.2. The number of tetrazole rings is 1. The van der Waals surface area contributed by atoms with Gasteiger partial charge in [0.1, 0.15) is 0 Å². The van der Waals surface area contributed by atoms with Gasteiger partial charge in [-0.2, -0.15) is 4.68 Å². The summed E-state index contributed by atoms with van der Waals surface area (Å²) < 4.78 is 13.3. The Kier molecular flexibility index (Phi) is 6.22. The van der Waals surface area contributed by atoms with E-state index in [1.54, 1.807) is 4.68 Å². The molecule has 3 heterocycles. The van der Waals surface area contributed by atoms with E-state index in [2.05, 4.69) is 41.5 Å². The van der Waals surface area contributed by atoms with Crippen LogP contribution in [0, 0.1) is 13.8 Å². The van der Waals surface area contributed by atoms with Gasteiger partial charge in [0, 0.05) is 13.0 Å². The van der Waals surface area contributed by atoms with Crippen LogP contribution in [0.1, 0.15) is 42.0 Å². The van der Waals surface area contributed by atoms with Gasteiger partial charge in [-0.3, -0.25) is 4.79 Å². The molecule has 5 rings (SSSR count). The van der Waals surface area contributed by atoms with Crippen LogP contribution in [0.5, 0.6) is 11.5 Å². The monoisotopic (exact) mass is 465 g/mol. The summed E-state index contributed by atoms with van der Waals surface area (Å²) in [6.45, 7) is 6.18. The summed E-state index contributed by atoms with van der Waals surface area (Å²) >= 11 is 1.37. The van der Waals surface area contributed by atoms with Crippen molar-refractivity contribution in [2.45, 2.75) is 44.3 Å². The van der Waals surface area contributed by atoms with Crippen molar-refractivity contribution in [1.29, 1.82) is 0 Å². The smallest absolute Gasteiger partial charge is 0.233 e. The van der Waals surface area contributed by atoms with Crippen molar-refractivity contribution in [2.75, 3.05) is 25.5 Å². The molecule has 1 atom stereocenters. The van der Waals surface area contributed by atoms with Crippen LogP contribution in [0.3, 0.4) is 0 Å². The number of carbonyl (C=O) groups is 1. The highest BCUT2D eigenvalue weighted by molar-refractivity contribution is 7.99. The third-order valence-electron chi connectivity index (χ3n) is 6.30. The number of fused-ring (bicyclic) bond motifs is 1. The number of hydrogen-bond donors (Lipinski definition) is 0. The lowest BCUT2D eigenvalue weighted by atomic mass is 10.0. The van der Waals surface area contributed by atoms with Crippen molar-refractivity contribution >= 4 is 17.7 Å². The van der Waals surface area contributed by atoms with Crippen LogP contribution in [0.15, 0.2) is 41.6 Å². The van der Waals surface area contributed by atoms with Crippen molar-refractivity contribution < 1.29 is 14.3 Å². The minimum absolute atomic E-state index is 0.0465. The van der Waals surface area contributed by atoms with Crippen LogP contribution in [0.2, 0.25) is 0 Å². The first-order valence-corrected chi connectivity index (χ1v) is 12.3. The minimum atomic E-state index is 0.0465. The molecule has 0 N–H and O–H groups in total. The summed E-state index contributed by atoms with van der Waals surface area (Å²) in [6, 6.07) is 12.1. The lowest BCUT2D eigenvalue weighted by molar-refractivity contribution is -0.129. The van der Waals surface area contributed by atoms with Crippen LogP contribution in [-0.4, -0.2) is 56.5 Å². The summed E-state index contributed by atoms with van der Waals surface area (Å²) in [5.74, 6) is 1.92. The molecule has 2 aliphatic rings. The van der Waals surface area contributed by atoms with Crippen molar-refractivity contribution in [1.82, 2.24) is 25.1 Å². The molecule has 9 heteroatoms. The molecule has 1 saturated heterocycles. The number of aryl methyl sites for hydroxylation is 1. The van der Waals surface area contributed by atoms with Gasteiger partial charge in [-0.1, -0.05) is 30.0 Å². The van der Waals surface area contributed by atoms with Crippen molar-refractivity contribution in [3.63, 3.8) is 0 Å². The average Bonchev–Trinajstić information content (AvgIpc) is 3.44. The predicted molar refractivity (Wildman–Crippen MR) is 125 cm³/mol. The van der Waals surface area contributed by atoms with E-state index in [-0.39, 0.29) is 17.7 Å². The van der Waals surface area contributed by atoms with Gasteiger partial charge >= 0.3 is 0 Å². The maximum Gasteiger partial charge on any atom is 0.233 e. The number of ether oxygens (including phenoxy) is 2. The van der Waals surface area contributed by atoms with E-state index >= 15 is 0 Å². The van der Waals surface area contributed by atoms with E-state index in [0.717, 1.165) is 54.1 Å². The van der Waals surface area contributed by atoms with Crippen LogP contribution in [-0.2, 0) is 4.79 Å². The fraction of sp³-hybridized carbons (Fsp3) is 0.417. The fourth-order valence-corrected chi connectivity index (χ4v) is 5.16. The largest absolute Gasteiger partial charge is 0.490 e. The van der Waals surface area contributed by atoms with Gasteiger partial charge in [0.05, 0.1) is 30.7 Å². The second-order valence-corrected chi connectivity index (χ2v) is 9.33. The first kappa shape index (κ1) is 21.8. The Hall–Kier alpha value is -3.07. The zero-order valence-corrected chi connectivity index (χ0v) is 19.7. The molecule has 0 bridgehead atoms. The second-order valence-electron chi connectivity index (χ2n) is 8.38. The first-order valence-electron chi connectivity index (χ1n) is 11.3. The van der Waals surface area contributed by atoms with E-state index in [9.17, 15) is 4.79 Å². The van der Waals surface area contributed by atoms with Crippen LogP contribution < -0.4 is 9.47 Å². The van der Waals surface area contributed by atoms with Gasteiger partial charge in [-0.15, -0.1) is 5.10 Å². The van der Waals surface area contributed by atoms with E-state index in [1.807, 2.05) is 29.2 Å². The van der Waals surface area contributed by atoms with Crippen LogP contribution in [0.25, 0.3) is 5.69 Å². The quantitative estimate of drug-likeness (QED) is 0.529. The molecule has 33 heavy (non-hydrogen) atoms. The Morgan fingerprint density at radius 2 is 1.97 bits per heavy atom. The number of hydrogen-bond acceptors (Lipinski definition) is 7. The third-order valence-corrected chi connectivity index (χ3v) is 7.20. The summed E-state index contributed by atoms with van der Waals surface area (Å²) in [6.07, 6.45) is 2.79. The minimum Gasteiger partial charge on any atom is -0.490 e. The molecular formula is C24H27N5O3S. The molecule has 3 aromatic rings. The Morgan fingerprint density at radius 1 is 1.12 bits per heavy atom. The van der Waals surface area contributed by atoms with Gasteiger partial charge in [-0.05, 0) is 72.0 Å². The molecule has 0 radical (unpaired) electrons. The van der Waals surface area contributed by atoms with Gasteiger partial charge < -0.3 is 14.4 Å². The standard InChI is InChI=1S/C24H27N5O3S/c1-16-6-3-7-19(17(16)2)29-24(25-26-27-29)33-15-23(30)28-11-4-8-20(28)18-9-10-21-22(14-18)32-13-5-12-31-21/h3,6-7,9-10,14,20H,4-5,8,11-13,15H2,1-2H3. The molecule has 0 aliphatic carbocycles. The summed E-state index contributed by atoms with van der Waals surface area (Å²) in [4.78, 5) is 15.2. The predicted octanol–water partition coefficient (Wildman–Crippen LogP) is 3.90. The highest BCUT2D eigenvalue weighted by atomic mass is 32.2. The Balaban J connectivity index is 1.30. The molecule has 2 aromatic carbocycles. The Morgan fingerprint density at radius 3 is 2.85 bits per heavy atom. The molecule has 172 valence electrons. The molecule has 0 spiro atoms. The SMILES string of the molecule is Cc1cccc(-n2nnnc2SCC(=O)N2CCCC2c2ccc3c(c2)OCCCO3)c1C. The zero-order valence-electron chi connectivity index (χ0n) is 18.9. The molecule has 0 saturated carbocycles. The lowest BCUT2D eigenvalue weighted by Gasteiger charge is -2.25. The fourth-order valence-electron chi connectivity index (χ4n) is 4.39. The number of likely N-dealkylation sites (tertiary alicyclic amines) is 1. The van der Waals surface area contributed by atoms with Gasteiger partial charge in [0.15, 0.2) is 11.5 Å². The van der Waals surface area contributed by atoms with Crippen LogP contribution in [0.4, 0.5) is 0 Å². The third kappa shape index (κ3) is 4.42. The number of benzene rings is 2. The van der Waals surface area contributed by atoms with E-state index < -0.39 is 0 Å². The summed E-state index contributed by atoms with van der Waals surface area (Å²) in [5, 5.41) is 12.8. The molecule has 8 nitrogen and oxygen atoms in total. The molecule has 1 amide bonds. The number of carbonyl (C=O) groups excluding carboxylic acids is 1. The molecular weight excluding hydrogens is 438 g/mol. The Bertz CT molecular complexity index is 1160. The lowest BCUT2D eigenvalue weighted by Crippen LogP contribution is -2.32. The highest BCUT2D eigenvalue weighted by Gasteiger charge is 2.31. The normalized spacial score (nSPS) is 17.8. The highest BCUT2D eigenvalue weighted by Crippen LogP contribution is 2.38. The summed E-state index contributed by atoms with van der Waals surface area (Å²) in [7, 11) is 0. The molecule has 1 aromatic heterocycles. The van der Waals surface area contributed by atoms with Gasteiger partial charge in [-0.25, -0.2) is 0 Å². The van der Waals surface area contributed by atoms with Crippen molar-refractivity contribution in [3.05, 3.63) is 53.1 Å². The van der Waals surface area contributed by atoms with Gasteiger partial charge in [0.2, 0.25) is 11.1 Å². The van der Waals surface area contributed by atoms with E-state index in [0.29, 0.717) is 18.4 Å². The number of thioether (sulfide) groups is 1. The van der Waals surface area contributed by atoms with Crippen molar-refractivity contribution in [2.24, 2.45) is 0 Å². The van der Waals surface area contributed by atoms with E-state index in [1.165, 1.54) is 17.3 Å². The van der Waals surface area contributed by atoms with E-state index in [4.69, 9.17) is 9.47 Å². The topological polar surface area (TPSA) is 82.4 Å². The molecule has 2 aliphatic heterocycles. The average molecular weight is 466 g/mol. The summed E-state index contributed by atoms with van der Waals surface area (Å²) in [5.41, 5.74) is 4.31. The number of aromatic nitrogens is 4. The first-order chi connectivity index (χ1) is 16.1. The second kappa shape index (κ2) is 9.43. The van der Waals surface area contributed by atoms with Crippen molar-refractivity contribution in [3.8, 4) is 17.2 Å². The van der Waals surface area contributed by atoms with Crippen LogP contribution >= 0.6 is 11.8 Å². The molecule has 1 fully saturated rings. The Labute approximate surface area is 197 Å². The zero-order chi connectivity index (χ0) is 22.8. The maximum atomic E-state index is 13.2. The number of rotatable bonds is 5. The number of amides is 1. The molecule has 1 unspecified atom stereocenters.